The summed E-state index contributed by atoms with van der Waals surface area (Å²) in [5, 5.41) is 3.20. The first-order chi connectivity index (χ1) is 10.1. The standard InChI is InChI=1S/C15H13BrClNO3/c1-20-12-4-3-5-13(21-2)14(12)15(19)18-11-8-9(16)6-7-10(11)17/h3-8H,1-2H3,(H,18,19). The molecule has 0 radical (unpaired) electrons. The van der Waals surface area contributed by atoms with Gasteiger partial charge in [-0.2, -0.15) is 0 Å². The molecule has 0 bridgehead atoms. The molecular formula is C15H13BrClNO3. The molecule has 2 aromatic carbocycles. The number of methoxy groups -OCH3 is 2. The minimum atomic E-state index is -0.357. The molecule has 0 spiro atoms. The summed E-state index contributed by atoms with van der Waals surface area (Å²) in [5.74, 6) is 0.500. The summed E-state index contributed by atoms with van der Waals surface area (Å²) < 4.78 is 11.2. The van der Waals surface area contributed by atoms with E-state index < -0.39 is 0 Å². The van der Waals surface area contributed by atoms with Gasteiger partial charge in [-0.15, -0.1) is 0 Å². The lowest BCUT2D eigenvalue weighted by Gasteiger charge is -2.13. The first kappa shape index (κ1) is 15.7. The predicted octanol–water partition coefficient (Wildman–Crippen LogP) is 4.37. The van der Waals surface area contributed by atoms with Crippen molar-refractivity contribution in [2.75, 3.05) is 19.5 Å². The van der Waals surface area contributed by atoms with E-state index in [-0.39, 0.29) is 5.91 Å². The second-order valence-electron chi connectivity index (χ2n) is 4.12. The highest BCUT2D eigenvalue weighted by atomic mass is 79.9. The average Bonchev–Trinajstić information content (AvgIpc) is 2.49. The molecule has 0 fully saturated rings. The Labute approximate surface area is 136 Å². The minimum Gasteiger partial charge on any atom is -0.496 e. The third-order valence-corrected chi connectivity index (χ3v) is 3.65. The number of anilines is 1. The molecule has 1 amide bonds. The summed E-state index contributed by atoms with van der Waals surface area (Å²) in [6.07, 6.45) is 0. The minimum absolute atomic E-state index is 0.318. The molecule has 1 N–H and O–H groups in total. The number of nitrogens with one attached hydrogen (secondary N) is 1. The van der Waals surface area contributed by atoms with Crippen LogP contribution in [0.1, 0.15) is 10.4 Å². The Bertz CT molecular complexity index is 654. The summed E-state index contributed by atoms with van der Waals surface area (Å²) in [6.45, 7) is 0. The zero-order valence-electron chi connectivity index (χ0n) is 11.4. The van der Waals surface area contributed by atoms with Gasteiger partial charge in [0.2, 0.25) is 0 Å². The number of rotatable bonds is 4. The highest BCUT2D eigenvalue weighted by Crippen LogP contribution is 2.31. The smallest absolute Gasteiger partial charge is 0.263 e. The van der Waals surface area contributed by atoms with Crippen LogP contribution in [0.5, 0.6) is 11.5 Å². The lowest BCUT2D eigenvalue weighted by atomic mass is 10.1. The number of halogens is 2. The second-order valence-corrected chi connectivity index (χ2v) is 5.44. The molecule has 0 atom stereocenters. The van der Waals surface area contributed by atoms with Crippen LogP contribution in [0.2, 0.25) is 5.02 Å². The summed E-state index contributed by atoms with van der Waals surface area (Å²) in [6, 6.07) is 10.4. The molecule has 6 heteroatoms. The lowest BCUT2D eigenvalue weighted by molar-refractivity contribution is 0.102. The number of carbonyl (C=O) groups excluding carboxylic acids is 1. The van der Waals surface area contributed by atoms with Crippen LogP contribution in [0, 0.1) is 0 Å². The normalized spacial score (nSPS) is 10.1. The summed E-state index contributed by atoms with van der Waals surface area (Å²) in [7, 11) is 3.00. The van der Waals surface area contributed by atoms with Crippen molar-refractivity contribution in [2.45, 2.75) is 0 Å². The molecule has 0 saturated heterocycles. The Morgan fingerprint density at radius 2 is 1.76 bits per heavy atom. The number of amides is 1. The molecule has 0 aliphatic heterocycles. The van der Waals surface area contributed by atoms with Gasteiger partial charge in [-0.1, -0.05) is 33.6 Å². The van der Waals surface area contributed by atoms with Crippen molar-refractivity contribution >= 4 is 39.1 Å². The van der Waals surface area contributed by atoms with Gasteiger partial charge < -0.3 is 14.8 Å². The molecule has 2 rings (SSSR count). The van der Waals surface area contributed by atoms with E-state index in [9.17, 15) is 4.79 Å². The molecule has 110 valence electrons. The topological polar surface area (TPSA) is 47.6 Å². The average molecular weight is 371 g/mol. The van der Waals surface area contributed by atoms with Gasteiger partial charge >= 0.3 is 0 Å². The van der Waals surface area contributed by atoms with Crippen molar-refractivity contribution in [3.8, 4) is 11.5 Å². The van der Waals surface area contributed by atoms with Crippen LogP contribution in [0.15, 0.2) is 40.9 Å². The second kappa shape index (κ2) is 6.83. The third kappa shape index (κ3) is 3.49. The zero-order valence-corrected chi connectivity index (χ0v) is 13.8. The zero-order chi connectivity index (χ0) is 15.4. The van der Waals surface area contributed by atoms with Gasteiger partial charge in [-0.3, -0.25) is 4.79 Å². The Morgan fingerprint density at radius 1 is 1.14 bits per heavy atom. The Hall–Kier alpha value is -1.72. The van der Waals surface area contributed by atoms with E-state index >= 15 is 0 Å². The monoisotopic (exact) mass is 369 g/mol. The van der Waals surface area contributed by atoms with E-state index in [0.29, 0.717) is 27.8 Å². The molecular weight excluding hydrogens is 358 g/mol. The molecule has 21 heavy (non-hydrogen) atoms. The molecule has 0 unspecified atom stereocenters. The highest BCUT2D eigenvalue weighted by molar-refractivity contribution is 9.10. The van der Waals surface area contributed by atoms with Crippen LogP contribution in [0.3, 0.4) is 0 Å². The molecule has 0 aliphatic carbocycles. The molecule has 2 aromatic rings. The first-order valence-corrected chi connectivity index (χ1v) is 7.21. The Balaban J connectivity index is 2.38. The van der Waals surface area contributed by atoms with Crippen molar-refractivity contribution in [3.63, 3.8) is 0 Å². The quantitative estimate of drug-likeness (QED) is 0.869. The van der Waals surface area contributed by atoms with Crippen molar-refractivity contribution in [1.29, 1.82) is 0 Å². The maximum atomic E-state index is 12.5. The van der Waals surface area contributed by atoms with E-state index in [1.807, 2.05) is 0 Å². The summed E-state index contributed by atoms with van der Waals surface area (Å²) in [4.78, 5) is 12.5. The first-order valence-electron chi connectivity index (χ1n) is 6.04. The van der Waals surface area contributed by atoms with Crippen LogP contribution in [0.25, 0.3) is 0 Å². The number of carbonyl (C=O) groups is 1. The SMILES string of the molecule is COc1cccc(OC)c1C(=O)Nc1cc(Br)ccc1Cl. The number of hydrogen-bond donors (Lipinski definition) is 1. The van der Waals surface area contributed by atoms with Gasteiger partial charge in [0.25, 0.3) is 5.91 Å². The van der Waals surface area contributed by atoms with Crippen LogP contribution < -0.4 is 14.8 Å². The maximum Gasteiger partial charge on any atom is 0.263 e. The lowest BCUT2D eigenvalue weighted by Crippen LogP contribution is -2.14. The maximum absolute atomic E-state index is 12.5. The van der Waals surface area contributed by atoms with Gasteiger partial charge in [0.1, 0.15) is 17.1 Å². The third-order valence-electron chi connectivity index (χ3n) is 2.83. The van der Waals surface area contributed by atoms with Crippen molar-refractivity contribution in [3.05, 3.63) is 51.5 Å². The number of hydrogen-bond acceptors (Lipinski definition) is 3. The summed E-state index contributed by atoms with van der Waals surface area (Å²) >= 11 is 9.42. The van der Waals surface area contributed by atoms with Gasteiger partial charge in [0.05, 0.1) is 24.9 Å². The van der Waals surface area contributed by atoms with E-state index in [0.717, 1.165) is 4.47 Å². The van der Waals surface area contributed by atoms with Crippen LogP contribution in [0.4, 0.5) is 5.69 Å². The van der Waals surface area contributed by atoms with Gasteiger partial charge in [0.15, 0.2) is 0 Å². The van der Waals surface area contributed by atoms with E-state index in [2.05, 4.69) is 21.2 Å². The van der Waals surface area contributed by atoms with Gasteiger partial charge in [-0.25, -0.2) is 0 Å². The Kier molecular flexibility index (Phi) is 5.09. The molecule has 0 aromatic heterocycles. The highest BCUT2D eigenvalue weighted by Gasteiger charge is 2.19. The van der Waals surface area contributed by atoms with Gasteiger partial charge in [-0.05, 0) is 30.3 Å². The predicted molar refractivity (Wildman–Crippen MR) is 86.7 cm³/mol. The van der Waals surface area contributed by atoms with Gasteiger partial charge in [0, 0.05) is 4.47 Å². The fourth-order valence-corrected chi connectivity index (χ4v) is 2.38. The van der Waals surface area contributed by atoms with Crippen LogP contribution in [-0.4, -0.2) is 20.1 Å². The largest absolute Gasteiger partial charge is 0.496 e. The molecule has 4 nitrogen and oxygen atoms in total. The fourth-order valence-electron chi connectivity index (χ4n) is 1.85. The van der Waals surface area contributed by atoms with Crippen LogP contribution >= 0.6 is 27.5 Å². The molecule has 0 saturated carbocycles. The fraction of sp³-hybridized carbons (Fsp3) is 0.133. The van der Waals surface area contributed by atoms with Crippen molar-refractivity contribution in [1.82, 2.24) is 0 Å². The van der Waals surface area contributed by atoms with E-state index in [4.69, 9.17) is 21.1 Å². The van der Waals surface area contributed by atoms with Crippen molar-refractivity contribution < 1.29 is 14.3 Å². The summed E-state index contributed by atoms with van der Waals surface area (Å²) in [5.41, 5.74) is 0.822. The van der Waals surface area contributed by atoms with Crippen molar-refractivity contribution in [2.24, 2.45) is 0 Å². The number of ether oxygens (including phenoxy) is 2. The van der Waals surface area contributed by atoms with E-state index in [1.54, 1.807) is 36.4 Å². The molecule has 0 aliphatic rings. The molecule has 0 heterocycles. The number of benzene rings is 2. The van der Waals surface area contributed by atoms with E-state index in [1.165, 1.54) is 14.2 Å². The Morgan fingerprint density at radius 3 is 2.33 bits per heavy atom. The van der Waals surface area contributed by atoms with Crippen LogP contribution in [-0.2, 0) is 0 Å².